The average Bonchev–Trinajstić information content (AvgIpc) is 3.68. The number of likely N-dealkylation sites (N-methyl/N-ethyl adjacent to an activating group) is 1. The van der Waals surface area contributed by atoms with Crippen molar-refractivity contribution in [3.05, 3.63) is 58.9 Å². The van der Waals surface area contributed by atoms with Gasteiger partial charge in [-0.2, -0.15) is 0 Å². The lowest BCUT2D eigenvalue weighted by Gasteiger charge is -2.32. The molecule has 0 saturated heterocycles. The molecule has 0 radical (unpaired) electrons. The monoisotopic (exact) mass is 724 g/mol. The number of methoxy groups -OCH3 is 2. The Hall–Kier alpha value is -4.91. The van der Waals surface area contributed by atoms with Crippen molar-refractivity contribution < 1.29 is 28.5 Å². The van der Waals surface area contributed by atoms with E-state index in [9.17, 15) is 9.59 Å². The molecule has 0 fully saturated rings. The number of carbonyl (C=O) groups excluding carboxylic acids is 2. The predicted octanol–water partition coefficient (Wildman–Crippen LogP) is 8.42. The molecule has 53 heavy (non-hydrogen) atoms. The van der Waals surface area contributed by atoms with Gasteiger partial charge in [-0.3, -0.25) is 14.6 Å². The summed E-state index contributed by atoms with van der Waals surface area (Å²) < 4.78 is 24.2. The first-order chi connectivity index (χ1) is 25.1. The highest BCUT2D eigenvalue weighted by atomic mass is 16.5. The molecule has 4 aliphatic rings. The Labute approximate surface area is 315 Å². The molecule has 10 nitrogen and oxygen atoms in total. The number of fused-ring (bicyclic) bond motifs is 4. The van der Waals surface area contributed by atoms with Gasteiger partial charge in [0, 0.05) is 43.8 Å². The fraction of sp³-hybridized carbons (Fsp3) is 0.512. The van der Waals surface area contributed by atoms with E-state index in [1.807, 2.05) is 48.6 Å². The lowest BCUT2D eigenvalue weighted by molar-refractivity contribution is 0.0779. The molecule has 0 spiro atoms. The van der Waals surface area contributed by atoms with Crippen LogP contribution in [0.3, 0.4) is 0 Å². The van der Waals surface area contributed by atoms with Gasteiger partial charge in [-0.05, 0) is 75.8 Å². The van der Waals surface area contributed by atoms with Crippen molar-refractivity contribution in [2.24, 2.45) is 15.8 Å². The number of terminal acetylenes is 1. The van der Waals surface area contributed by atoms with Crippen LogP contribution in [-0.2, 0) is 0 Å². The number of nitrogens with zero attached hydrogens (tertiary/aromatic N) is 4. The summed E-state index contributed by atoms with van der Waals surface area (Å²) in [7, 11) is 5.27. The van der Waals surface area contributed by atoms with E-state index < -0.39 is 0 Å². The Balaban J connectivity index is 0.00000266. The maximum atomic E-state index is 13.6. The normalized spacial score (nSPS) is 20.5. The van der Waals surface area contributed by atoms with Crippen LogP contribution in [0.25, 0.3) is 0 Å². The summed E-state index contributed by atoms with van der Waals surface area (Å²) in [6.07, 6.45) is 18.2. The van der Waals surface area contributed by atoms with E-state index in [4.69, 9.17) is 18.9 Å². The van der Waals surface area contributed by atoms with E-state index in [0.717, 1.165) is 43.4 Å². The number of aliphatic imine (C=N–C) groups is 1. The number of hydrogen-bond donors (Lipinski definition) is 0. The van der Waals surface area contributed by atoms with Gasteiger partial charge in [-0.25, -0.2) is 0 Å². The van der Waals surface area contributed by atoms with Crippen molar-refractivity contribution in [2.75, 3.05) is 39.4 Å². The highest BCUT2D eigenvalue weighted by Gasteiger charge is 2.40. The van der Waals surface area contributed by atoms with E-state index in [0.29, 0.717) is 53.0 Å². The van der Waals surface area contributed by atoms with Gasteiger partial charge in [0.2, 0.25) is 0 Å². The molecule has 0 bridgehead atoms. The highest BCUT2D eigenvalue weighted by molar-refractivity contribution is 6.04. The Morgan fingerprint density at radius 1 is 0.774 bits per heavy atom. The van der Waals surface area contributed by atoms with Gasteiger partial charge in [0.05, 0.1) is 62.0 Å². The summed E-state index contributed by atoms with van der Waals surface area (Å²) in [5, 5.41) is 0. The van der Waals surface area contributed by atoms with Crippen LogP contribution in [-0.4, -0.2) is 80.4 Å². The lowest BCUT2D eigenvalue weighted by Crippen LogP contribution is -2.44. The van der Waals surface area contributed by atoms with Crippen LogP contribution < -0.4 is 23.8 Å². The number of rotatable bonds is 12. The third kappa shape index (κ3) is 8.19. The van der Waals surface area contributed by atoms with E-state index in [1.54, 1.807) is 25.2 Å². The standard InChI is InChI=1S/C41H54N4O6.C2H2/c1-25-15-28-21-42-31-19-36(34(48-9)17-29(31)38(46)44(28)22-25)51-24-41(6,7)12-11-40(4,5)13-14-50-37-20-33-30(18-35(37)49-10)39(47)45-23-26(2)16-32(45)27(3)43(33)8;1-2/h17-23,27-28,32H,11-16,24H2,1-10H3;1-2H/t27?,28?,32-;/m1./s1. The topological polar surface area (TPSA) is 93.1 Å². The van der Waals surface area contributed by atoms with Crippen LogP contribution >= 0.6 is 0 Å². The smallest absolute Gasteiger partial charge is 0.260 e. The summed E-state index contributed by atoms with van der Waals surface area (Å²) in [6, 6.07) is 7.56. The Morgan fingerprint density at radius 2 is 1.36 bits per heavy atom. The van der Waals surface area contributed by atoms with Crippen LogP contribution in [0, 0.1) is 23.7 Å². The molecule has 284 valence electrons. The van der Waals surface area contributed by atoms with Crippen LogP contribution in [0.15, 0.2) is 52.8 Å². The molecule has 10 heteroatoms. The summed E-state index contributed by atoms with van der Waals surface area (Å²) in [4.78, 5) is 37.5. The number of amides is 2. The summed E-state index contributed by atoms with van der Waals surface area (Å²) in [6.45, 7) is 16.2. The first kappa shape index (κ1) is 39.3. The van der Waals surface area contributed by atoms with Crippen LogP contribution in [0.5, 0.6) is 23.0 Å². The number of ether oxygens (including phenoxy) is 4. The molecule has 2 aromatic rings. The number of hydrogen-bond acceptors (Lipinski definition) is 8. The highest BCUT2D eigenvalue weighted by Crippen LogP contribution is 2.43. The van der Waals surface area contributed by atoms with Crippen molar-refractivity contribution in [3.8, 4) is 35.8 Å². The molecular weight excluding hydrogens is 668 g/mol. The molecule has 2 aromatic carbocycles. The van der Waals surface area contributed by atoms with Gasteiger partial charge in [0.25, 0.3) is 11.8 Å². The van der Waals surface area contributed by atoms with Crippen molar-refractivity contribution in [1.82, 2.24) is 9.80 Å². The molecule has 0 aliphatic carbocycles. The van der Waals surface area contributed by atoms with E-state index in [-0.39, 0.29) is 40.8 Å². The summed E-state index contributed by atoms with van der Waals surface area (Å²) >= 11 is 0. The second-order valence-corrected chi connectivity index (χ2v) is 16.3. The van der Waals surface area contributed by atoms with Crippen LogP contribution in [0.1, 0.15) is 101 Å². The second-order valence-electron chi connectivity index (χ2n) is 16.3. The molecule has 4 aliphatic heterocycles. The lowest BCUT2D eigenvalue weighted by atomic mass is 9.78. The number of benzene rings is 2. The maximum absolute atomic E-state index is 13.6. The minimum Gasteiger partial charge on any atom is -0.493 e. The first-order valence-corrected chi connectivity index (χ1v) is 18.4. The Bertz CT molecular complexity index is 1840. The zero-order chi connectivity index (χ0) is 38.8. The predicted molar refractivity (Wildman–Crippen MR) is 211 cm³/mol. The van der Waals surface area contributed by atoms with Gasteiger partial charge >= 0.3 is 0 Å². The second kappa shape index (κ2) is 15.6. The van der Waals surface area contributed by atoms with Crippen molar-refractivity contribution in [3.63, 3.8) is 0 Å². The molecule has 2 amide bonds. The number of anilines is 1. The van der Waals surface area contributed by atoms with Gasteiger partial charge in [0.1, 0.15) is 0 Å². The van der Waals surface area contributed by atoms with E-state index in [2.05, 4.69) is 71.3 Å². The minimum atomic E-state index is -0.129. The minimum absolute atomic E-state index is 0.00207. The average molecular weight is 725 g/mol. The zero-order valence-corrected chi connectivity index (χ0v) is 33.1. The summed E-state index contributed by atoms with van der Waals surface area (Å²) in [5.74, 6) is 2.24. The Kier molecular flexibility index (Phi) is 11.6. The van der Waals surface area contributed by atoms with E-state index >= 15 is 0 Å². The van der Waals surface area contributed by atoms with Crippen molar-refractivity contribution in [1.29, 1.82) is 0 Å². The van der Waals surface area contributed by atoms with Crippen molar-refractivity contribution >= 4 is 29.4 Å². The third-order valence-electron chi connectivity index (χ3n) is 11.1. The fourth-order valence-electron chi connectivity index (χ4n) is 7.46. The van der Waals surface area contributed by atoms with Gasteiger partial charge in [-0.1, -0.05) is 38.8 Å². The molecule has 0 N–H and O–H groups in total. The van der Waals surface area contributed by atoms with E-state index in [1.165, 1.54) is 5.57 Å². The molecular formula is C43H56N4O6. The SMILES string of the molecule is C#C.COc1cc2c(cc1OCCC(C)(C)CCC(C)(C)COc1cc3c(cc1OC)C(=O)N1C=C(C)CC1C=N3)N(C)C(C)[C@H]1CC(C)=CN1C2=O. The number of carbonyl (C=O) groups is 2. The zero-order valence-electron chi connectivity index (χ0n) is 33.1. The van der Waals surface area contributed by atoms with Gasteiger partial charge in [0.15, 0.2) is 23.0 Å². The molecule has 0 saturated carbocycles. The quantitative estimate of drug-likeness (QED) is 0.203. The molecule has 6 rings (SSSR count). The molecule has 3 atom stereocenters. The molecule has 0 aromatic heterocycles. The largest absolute Gasteiger partial charge is 0.493 e. The van der Waals surface area contributed by atoms with Crippen molar-refractivity contribution in [2.45, 2.75) is 98.7 Å². The van der Waals surface area contributed by atoms with Crippen LogP contribution in [0.2, 0.25) is 0 Å². The van der Waals surface area contributed by atoms with Gasteiger partial charge < -0.3 is 33.6 Å². The summed E-state index contributed by atoms with van der Waals surface area (Å²) in [5.41, 5.74) is 4.86. The van der Waals surface area contributed by atoms with Crippen LogP contribution in [0.4, 0.5) is 11.4 Å². The molecule has 4 heterocycles. The first-order valence-electron chi connectivity index (χ1n) is 18.4. The maximum Gasteiger partial charge on any atom is 0.260 e. The molecule has 2 unspecified atom stereocenters. The van der Waals surface area contributed by atoms with Gasteiger partial charge in [-0.15, -0.1) is 12.8 Å². The third-order valence-corrected chi connectivity index (χ3v) is 11.1. The fourth-order valence-corrected chi connectivity index (χ4v) is 7.46. The Morgan fingerprint density at radius 3 is 2.04 bits per heavy atom.